The van der Waals surface area contributed by atoms with Gasteiger partial charge in [-0.25, -0.2) is 0 Å². The third-order valence-electron chi connectivity index (χ3n) is 3.35. The molecule has 20 heavy (non-hydrogen) atoms. The van der Waals surface area contributed by atoms with E-state index in [2.05, 4.69) is 0 Å². The second-order valence-electron chi connectivity index (χ2n) is 4.29. The van der Waals surface area contributed by atoms with E-state index in [4.69, 9.17) is 5.11 Å². The summed E-state index contributed by atoms with van der Waals surface area (Å²) in [7, 11) is 0. The Morgan fingerprint density at radius 1 is 1.10 bits per heavy atom. The normalized spacial score (nSPS) is 14.4. The highest BCUT2D eigenvalue weighted by atomic mass is 16.3. The predicted molar refractivity (Wildman–Crippen MR) is 87.5 cm³/mol. The van der Waals surface area contributed by atoms with Crippen molar-refractivity contribution in [2.45, 2.75) is 53.6 Å². The van der Waals surface area contributed by atoms with Gasteiger partial charge in [-0.2, -0.15) is 0 Å². The highest BCUT2D eigenvalue weighted by Gasteiger charge is 2.23. The van der Waals surface area contributed by atoms with Gasteiger partial charge < -0.3 is 10.2 Å². The molecule has 0 spiro atoms. The molecule has 2 nitrogen and oxygen atoms in total. The Labute approximate surface area is 124 Å². The summed E-state index contributed by atoms with van der Waals surface area (Å²) in [6, 6.07) is 7.90. The molecule has 0 heterocycles. The lowest BCUT2D eigenvalue weighted by molar-refractivity contribution is 0.281. The lowest BCUT2D eigenvalue weighted by Gasteiger charge is -2.29. The van der Waals surface area contributed by atoms with Gasteiger partial charge in [0.25, 0.3) is 0 Å². The van der Waals surface area contributed by atoms with Crippen molar-refractivity contribution in [1.29, 1.82) is 0 Å². The van der Waals surface area contributed by atoms with Crippen LogP contribution >= 0.6 is 0 Å². The first-order chi connectivity index (χ1) is 9.86. The lowest BCUT2D eigenvalue weighted by Crippen LogP contribution is -2.14. The first-order valence-electron chi connectivity index (χ1n) is 7.87. The molecule has 2 N–H and O–H groups in total. The smallest absolute Gasteiger partial charge is 0.0687 e. The fourth-order valence-corrected chi connectivity index (χ4v) is 2.25. The van der Waals surface area contributed by atoms with E-state index >= 15 is 0 Å². The number of allylic oxidation sites excluding steroid dienone is 1. The number of hydrogen-bond acceptors (Lipinski definition) is 2. The molecule has 0 amide bonds. The summed E-state index contributed by atoms with van der Waals surface area (Å²) in [4.78, 5) is 0. The van der Waals surface area contributed by atoms with Gasteiger partial charge >= 0.3 is 0 Å². The van der Waals surface area contributed by atoms with Gasteiger partial charge in [0.2, 0.25) is 0 Å². The van der Waals surface area contributed by atoms with Crippen molar-refractivity contribution in [2.75, 3.05) is 6.61 Å². The summed E-state index contributed by atoms with van der Waals surface area (Å²) in [6.07, 6.45) is 5.56. The molecule has 1 aromatic carbocycles. The maximum absolute atomic E-state index is 9.32. The van der Waals surface area contributed by atoms with Gasteiger partial charge in [-0.05, 0) is 35.5 Å². The van der Waals surface area contributed by atoms with Crippen LogP contribution in [0.5, 0.6) is 0 Å². The van der Waals surface area contributed by atoms with Crippen molar-refractivity contribution in [3.05, 3.63) is 41.5 Å². The summed E-state index contributed by atoms with van der Waals surface area (Å²) in [5, 5.41) is 18.4. The third kappa shape index (κ3) is 5.10. The number of benzene rings is 1. The van der Waals surface area contributed by atoms with E-state index in [1.165, 1.54) is 24.8 Å². The maximum atomic E-state index is 9.32. The molecule has 0 atom stereocenters. The van der Waals surface area contributed by atoms with Gasteiger partial charge in [0.1, 0.15) is 0 Å². The van der Waals surface area contributed by atoms with E-state index in [1.54, 1.807) is 0 Å². The largest absolute Gasteiger partial charge is 0.392 e. The Bertz CT molecular complexity index is 379. The summed E-state index contributed by atoms with van der Waals surface area (Å²) in [5.41, 5.74) is 3.26. The summed E-state index contributed by atoms with van der Waals surface area (Å²) >= 11 is 0. The van der Waals surface area contributed by atoms with E-state index < -0.39 is 0 Å². The van der Waals surface area contributed by atoms with E-state index in [9.17, 15) is 5.11 Å². The lowest BCUT2D eigenvalue weighted by atomic mass is 9.76. The molecular formula is C18H30O2. The zero-order valence-corrected chi connectivity index (χ0v) is 13.4. The van der Waals surface area contributed by atoms with Crippen LogP contribution in [0.2, 0.25) is 0 Å². The van der Waals surface area contributed by atoms with Crippen LogP contribution in [0.25, 0.3) is 5.57 Å². The fourth-order valence-electron chi connectivity index (χ4n) is 2.25. The van der Waals surface area contributed by atoms with Gasteiger partial charge in [0.15, 0.2) is 0 Å². The topological polar surface area (TPSA) is 40.5 Å². The summed E-state index contributed by atoms with van der Waals surface area (Å²) in [6.45, 7) is 8.14. The monoisotopic (exact) mass is 278 g/mol. The molecule has 2 rings (SSSR count). The minimum absolute atomic E-state index is 0.0612. The second kappa shape index (κ2) is 11.7. The minimum atomic E-state index is 0.0612. The Morgan fingerprint density at radius 2 is 1.70 bits per heavy atom. The Balaban J connectivity index is 0.000000829. The van der Waals surface area contributed by atoms with Gasteiger partial charge in [-0.1, -0.05) is 64.5 Å². The fraction of sp³-hybridized carbons (Fsp3) is 0.556. The molecule has 0 saturated heterocycles. The first kappa shape index (κ1) is 18.9. The molecule has 0 aliphatic heterocycles. The third-order valence-corrected chi connectivity index (χ3v) is 3.35. The van der Waals surface area contributed by atoms with Crippen molar-refractivity contribution in [3.8, 4) is 0 Å². The quantitative estimate of drug-likeness (QED) is 0.856. The van der Waals surface area contributed by atoms with Gasteiger partial charge in [0, 0.05) is 0 Å². The molecule has 1 saturated carbocycles. The Kier molecular flexibility index (Phi) is 11.0. The van der Waals surface area contributed by atoms with Gasteiger partial charge in [-0.15, -0.1) is 0 Å². The maximum Gasteiger partial charge on any atom is 0.0687 e. The highest BCUT2D eigenvalue weighted by Crippen LogP contribution is 2.39. The number of aliphatic hydroxyl groups is 2. The molecule has 1 aliphatic carbocycles. The molecule has 1 fully saturated rings. The van der Waals surface area contributed by atoms with Gasteiger partial charge in [-0.3, -0.25) is 0 Å². The van der Waals surface area contributed by atoms with Crippen LogP contribution in [0.3, 0.4) is 0 Å². The minimum Gasteiger partial charge on any atom is -0.392 e. The van der Waals surface area contributed by atoms with Crippen molar-refractivity contribution >= 4 is 5.57 Å². The molecule has 1 aromatic rings. The van der Waals surface area contributed by atoms with Crippen LogP contribution in [-0.2, 0) is 6.61 Å². The van der Waals surface area contributed by atoms with E-state index in [-0.39, 0.29) is 13.2 Å². The molecule has 1 aliphatic rings. The van der Waals surface area contributed by atoms with Crippen molar-refractivity contribution in [3.63, 3.8) is 0 Å². The average molecular weight is 278 g/mol. The molecule has 114 valence electrons. The van der Waals surface area contributed by atoms with Crippen molar-refractivity contribution in [2.24, 2.45) is 5.92 Å². The zero-order chi connectivity index (χ0) is 15.4. The SMILES string of the molecule is CC.CC.OC/C=C(\c1ccccc1CO)C1CCC1. The standard InChI is InChI=1S/C14H18O2.2C2H6/c15-9-8-14(11-5-3-6-11)13-7-2-1-4-12(13)10-16;2*1-2/h1-2,4,7-8,11,15-16H,3,5-6,9-10H2;2*1-2H3/b14-8-;;. The van der Waals surface area contributed by atoms with Crippen molar-refractivity contribution < 1.29 is 10.2 Å². The number of hydrogen-bond donors (Lipinski definition) is 2. The van der Waals surface area contributed by atoms with Crippen LogP contribution in [-0.4, -0.2) is 16.8 Å². The van der Waals surface area contributed by atoms with Crippen LogP contribution in [0, 0.1) is 5.92 Å². The predicted octanol–water partition coefficient (Wildman–Crippen LogP) is 4.41. The molecule has 0 aromatic heterocycles. The van der Waals surface area contributed by atoms with Crippen molar-refractivity contribution in [1.82, 2.24) is 0 Å². The van der Waals surface area contributed by atoms with E-state index in [0.29, 0.717) is 5.92 Å². The molecule has 0 unspecified atom stereocenters. The van der Waals surface area contributed by atoms with Crippen LogP contribution < -0.4 is 0 Å². The van der Waals surface area contributed by atoms with Crippen LogP contribution in [0.1, 0.15) is 58.1 Å². The molecular weight excluding hydrogens is 248 g/mol. The van der Waals surface area contributed by atoms with E-state index in [0.717, 1.165) is 11.1 Å². The van der Waals surface area contributed by atoms with Crippen LogP contribution in [0.15, 0.2) is 30.3 Å². The first-order valence-corrected chi connectivity index (χ1v) is 7.87. The van der Waals surface area contributed by atoms with Gasteiger partial charge in [0.05, 0.1) is 13.2 Å². The molecule has 2 heteroatoms. The second-order valence-corrected chi connectivity index (χ2v) is 4.29. The average Bonchev–Trinajstić information content (AvgIpc) is 2.49. The number of aliphatic hydroxyl groups excluding tert-OH is 2. The van der Waals surface area contributed by atoms with Crippen LogP contribution in [0.4, 0.5) is 0 Å². The zero-order valence-electron chi connectivity index (χ0n) is 13.4. The highest BCUT2D eigenvalue weighted by molar-refractivity contribution is 5.70. The summed E-state index contributed by atoms with van der Waals surface area (Å²) < 4.78 is 0. The number of rotatable bonds is 4. The van der Waals surface area contributed by atoms with E-state index in [1.807, 2.05) is 58.0 Å². The Morgan fingerprint density at radius 3 is 2.15 bits per heavy atom. The summed E-state index contributed by atoms with van der Waals surface area (Å²) in [5.74, 6) is 0.569. The Hall–Kier alpha value is -1.12. The molecule has 0 bridgehead atoms. The molecule has 0 radical (unpaired) electrons.